The van der Waals surface area contributed by atoms with Crippen LogP contribution in [-0.2, 0) is 4.79 Å². The van der Waals surface area contributed by atoms with Crippen molar-refractivity contribution in [2.24, 2.45) is 4.99 Å². The molecule has 0 unspecified atom stereocenters. The van der Waals surface area contributed by atoms with Gasteiger partial charge in [-0.3, -0.25) is 0 Å². The van der Waals surface area contributed by atoms with Gasteiger partial charge < -0.3 is 4.98 Å². The van der Waals surface area contributed by atoms with Crippen molar-refractivity contribution in [2.45, 2.75) is 0 Å². The van der Waals surface area contributed by atoms with Crippen molar-refractivity contribution >= 4 is 38.7 Å². The number of hydrogen-bond acceptors (Lipinski definition) is 3. The van der Waals surface area contributed by atoms with Gasteiger partial charge in [0, 0.05) is 10.0 Å². The van der Waals surface area contributed by atoms with Gasteiger partial charge in [0.1, 0.15) is 5.82 Å². The van der Waals surface area contributed by atoms with E-state index in [1.54, 1.807) is 12.1 Å². The normalized spacial score (nSPS) is 10.4. The van der Waals surface area contributed by atoms with Gasteiger partial charge in [0.25, 0.3) is 0 Å². The fourth-order valence-electron chi connectivity index (χ4n) is 1.89. The lowest BCUT2D eigenvalue weighted by Crippen LogP contribution is -1.79. The van der Waals surface area contributed by atoms with Crippen LogP contribution >= 0.6 is 15.9 Å². The number of isocyanates is 1. The van der Waals surface area contributed by atoms with E-state index < -0.39 is 0 Å². The van der Waals surface area contributed by atoms with Gasteiger partial charge >= 0.3 is 0 Å². The highest BCUT2D eigenvalue weighted by Crippen LogP contribution is 2.25. The van der Waals surface area contributed by atoms with E-state index in [4.69, 9.17) is 0 Å². The number of aliphatic imine (C=N–C) groups is 1. The highest BCUT2D eigenvalue weighted by atomic mass is 79.9. The zero-order valence-electron chi connectivity index (χ0n) is 9.72. The van der Waals surface area contributed by atoms with Crippen molar-refractivity contribution in [3.05, 3.63) is 46.9 Å². The minimum atomic E-state index is 0.564. The van der Waals surface area contributed by atoms with E-state index >= 15 is 0 Å². The molecule has 0 fully saturated rings. The van der Waals surface area contributed by atoms with Crippen molar-refractivity contribution in [3.63, 3.8) is 0 Å². The summed E-state index contributed by atoms with van der Waals surface area (Å²) in [5.74, 6) is 0.746. The molecule has 0 saturated heterocycles. The highest BCUT2D eigenvalue weighted by molar-refractivity contribution is 9.10. The third-order valence-corrected chi connectivity index (χ3v) is 3.23. The number of H-pyrrole nitrogens is 1. The van der Waals surface area contributed by atoms with Gasteiger partial charge in [-0.1, -0.05) is 28.1 Å². The van der Waals surface area contributed by atoms with Gasteiger partial charge in [-0.15, -0.1) is 0 Å². The first-order chi connectivity index (χ1) is 9.26. The predicted octanol–water partition coefficient (Wildman–Crippen LogP) is 3.96. The molecule has 0 aliphatic rings. The first kappa shape index (κ1) is 11.8. The van der Waals surface area contributed by atoms with Crippen LogP contribution in [0.2, 0.25) is 0 Å². The molecular weight excluding hydrogens is 306 g/mol. The van der Waals surface area contributed by atoms with Crippen molar-refractivity contribution in [3.8, 4) is 11.4 Å². The van der Waals surface area contributed by atoms with E-state index in [9.17, 15) is 4.79 Å². The fraction of sp³-hybridized carbons (Fsp3) is 0. The maximum Gasteiger partial charge on any atom is 0.240 e. The minimum absolute atomic E-state index is 0.564. The number of halogens is 1. The van der Waals surface area contributed by atoms with Crippen molar-refractivity contribution in [1.82, 2.24) is 9.97 Å². The van der Waals surface area contributed by atoms with Crippen LogP contribution in [0.5, 0.6) is 0 Å². The van der Waals surface area contributed by atoms with E-state index in [0.717, 1.165) is 26.9 Å². The number of hydrogen-bond donors (Lipinski definition) is 1. The summed E-state index contributed by atoms with van der Waals surface area (Å²) in [5, 5.41) is 0. The molecular formula is C14H8BrN3O. The number of aromatic nitrogens is 2. The van der Waals surface area contributed by atoms with Crippen LogP contribution in [0.4, 0.5) is 5.69 Å². The van der Waals surface area contributed by atoms with E-state index in [0.29, 0.717) is 5.69 Å². The number of fused-ring (bicyclic) bond motifs is 1. The van der Waals surface area contributed by atoms with Gasteiger partial charge in [-0.2, -0.15) is 4.99 Å². The first-order valence-corrected chi connectivity index (χ1v) is 6.39. The fourth-order valence-corrected chi connectivity index (χ4v) is 2.26. The van der Waals surface area contributed by atoms with Crippen LogP contribution < -0.4 is 0 Å². The number of imidazole rings is 1. The SMILES string of the molecule is O=C=Nc1cccc(-c2nc3ccc(Br)cc3[nH]2)c1. The summed E-state index contributed by atoms with van der Waals surface area (Å²) >= 11 is 3.42. The second-order valence-corrected chi connectivity index (χ2v) is 4.92. The Labute approximate surface area is 117 Å². The number of nitrogens with zero attached hydrogens (tertiary/aromatic N) is 2. The average Bonchev–Trinajstić information content (AvgIpc) is 2.82. The standard InChI is InChI=1S/C14H8BrN3O/c15-10-4-5-12-13(7-10)18-14(17-12)9-2-1-3-11(6-9)16-8-19/h1-7H,(H,17,18). The number of rotatable bonds is 2. The molecule has 0 spiro atoms. The molecule has 0 saturated carbocycles. The molecule has 0 atom stereocenters. The molecule has 1 heterocycles. The molecule has 3 rings (SSSR count). The maximum absolute atomic E-state index is 10.3. The Morgan fingerprint density at radius 1 is 1.21 bits per heavy atom. The van der Waals surface area contributed by atoms with Gasteiger partial charge in [-0.25, -0.2) is 9.78 Å². The smallest absolute Gasteiger partial charge is 0.240 e. The Balaban J connectivity index is 2.13. The summed E-state index contributed by atoms with van der Waals surface area (Å²) in [6, 6.07) is 13.1. The molecule has 0 amide bonds. The predicted molar refractivity (Wildman–Crippen MR) is 77.0 cm³/mol. The maximum atomic E-state index is 10.3. The molecule has 0 aliphatic carbocycles. The summed E-state index contributed by atoms with van der Waals surface area (Å²) < 4.78 is 0.995. The second kappa shape index (κ2) is 4.80. The van der Waals surface area contributed by atoms with Gasteiger partial charge in [-0.05, 0) is 30.3 Å². The molecule has 3 aromatic rings. The highest BCUT2D eigenvalue weighted by Gasteiger charge is 2.06. The molecule has 1 aromatic heterocycles. The lowest BCUT2D eigenvalue weighted by Gasteiger charge is -1.96. The van der Waals surface area contributed by atoms with Crippen molar-refractivity contribution in [2.75, 3.05) is 0 Å². The summed E-state index contributed by atoms with van der Waals surface area (Å²) in [6.07, 6.45) is 1.53. The zero-order chi connectivity index (χ0) is 13.2. The van der Waals surface area contributed by atoms with E-state index in [1.807, 2.05) is 30.3 Å². The van der Waals surface area contributed by atoms with Crippen molar-refractivity contribution in [1.29, 1.82) is 0 Å². The monoisotopic (exact) mass is 313 g/mol. The molecule has 1 N–H and O–H groups in total. The van der Waals surface area contributed by atoms with E-state index in [-0.39, 0.29) is 0 Å². The lowest BCUT2D eigenvalue weighted by atomic mass is 10.2. The summed E-state index contributed by atoms with van der Waals surface area (Å²) in [5.41, 5.74) is 3.29. The van der Waals surface area contributed by atoms with Crippen LogP contribution in [0.1, 0.15) is 0 Å². The molecule has 4 nitrogen and oxygen atoms in total. The largest absolute Gasteiger partial charge is 0.338 e. The Kier molecular flexibility index (Phi) is 2.99. The van der Waals surface area contributed by atoms with Gasteiger partial charge in [0.05, 0.1) is 16.7 Å². The Morgan fingerprint density at radius 3 is 2.95 bits per heavy atom. The number of carbonyl (C=O) groups excluding carboxylic acids is 1. The van der Waals surface area contributed by atoms with Crippen LogP contribution in [0.25, 0.3) is 22.4 Å². The Hall–Kier alpha value is -2.23. The van der Waals surface area contributed by atoms with Gasteiger partial charge in [0.2, 0.25) is 6.08 Å². The van der Waals surface area contributed by atoms with Crippen LogP contribution in [0, 0.1) is 0 Å². The molecule has 2 aromatic carbocycles. The Bertz CT molecular complexity index is 803. The third kappa shape index (κ3) is 2.34. The first-order valence-electron chi connectivity index (χ1n) is 5.60. The van der Waals surface area contributed by atoms with Gasteiger partial charge in [0.15, 0.2) is 0 Å². The molecule has 0 bridgehead atoms. The molecule has 19 heavy (non-hydrogen) atoms. The summed E-state index contributed by atoms with van der Waals surface area (Å²) in [4.78, 5) is 21.6. The van der Waals surface area contributed by atoms with E-state index in [1.165, 1.54) is 6.08 Å². The molecule has 92 valence electrons. The Morgan fingerprint density at radius 2 is 2.11 bits per heavy atom. The van der Waals surface area contributed by atoms with Crippen molar-refractivity contribution < 1.29 is 4.79 Å². The molecule has 0 radical (unpaired) electrons. The summed E-state index contributed by atoms with van der Waals surface area (Å²) in [7, 11) is 0. The molecule has 0 aliphatic heterocycles. The second-order valence-electron chi connectivity index (χ2n) is 4.00. The number of nitrogens with one attached hydrogen (secondary N) is 1. The topological polar surface area (TPSA) is 58.1 Å². The lowest BCUT2D eigenvalue weighted by molar-refractivity contribution is 0.565. The van der Waals surface area contributed by atoms with Crippen LogP contribution in [0.3, 0.4) is 0 Å². The zero-order valence-corrected chi connectivity index (χ0v) is 11.3. The van der Waals surface area contributed by atoms with E-state index in [2.05, 4.69) is 30.9 Å². The van der Waals surface area contributed by atoms with Crippen LogP contribution in [0.15, 0.2) is 51.9 Å². The third-order valence-electron chi connectivity index (χ3n) is 2.74. The quantitative estimate of drug-likeness (QED) is 0.575. The van der Waals surface area contributed by atoms with Crippen LogP contribution in [-0.4, -0.2) is 16.0 Å². The minimum Gasteiger partial charge on any atom is -0.338 e. The number of benzene rings is 2. The number of aromatic amines is 1. The average molecular weight is 314 g/mol. The summed E-state index contributed by atoms with van der Waals surface area (Å²) in [6.45, 7) is 0. The molecule has 5 heteroatoms.